The van der Waals surface area contributed by atoms with Crippen LogP contribution in [0.2, 0.25) is 0 Å². The van der Waals surface area contributed by atoms with Gasteiger partial charge in [-0.1, -0.05) is 24.3 Å². The highest BCUT2D eigenvalue weighted by Gasteiger charge is 2.51. The van der Waals surface area contributed by atoms with Gasteiger partial charge in [-0.25, -0.2) is 9.59 Å². The molecule has 3 N–H and O–H groups in total. The van der Waals surface area contributed by atoms with Crippen molar-refractivity contribution in [3.05, 3.63) is 70.8 Å². The van der Waals surface area contributed by atoms with Crippen LogP contribution in [-0.4, -0.2) is 46.7 Å². The summed E-state index contributed by atoms with van der Waals surface area (Å²) in [6.45, 7) is 1.27. The fourth-order valence-corrected chi connectivity index (χ4v) is 2.31. The largest absolute Gasteiger partial charge is 0.478 e. The molecule has 0 spiro atoms. The number of ether oxygens (including phenoxy) is 1. The molecule has 0 aliphatic heterocycles. The van der Waals surface area contributed by atoms with Gasteiger partial charge in [0.2, 0.25) is 0 Å². The maximum Gasteiger partial charge on any atom is 0.421 e. The van der Waals surface area contributed by atoms with E-state index in [1.54, 1.807) is 0 Å². The van der Waals surface area contributed by atoms with Crippen molar-refractivity contribution in [3.8, 4) is 0 Å². The number of aliphatic hydroxyl groups is 2. The van der Waals surface area contributed by atoms with Crippen molar-refractivity contribution in [2.24, 2.45) is 0 Å². The Bertz CT molecular complexity index is 961. The summed E-state index contributed by atoms with van der Waals surface area (Å²) in [7, 11) is 1.17. The second-order valence-electron chi connectivity index (χ2n) is 7.09. The number of aromatic carboxylic acids is 1. The zero-order valence-corrected chi connectivity index (χ0v) is 17.5. The second kappa shape index (κ2) is 9.79. The topological polar surface area (TPSA) is 104 Å². The number of methoxy groups -OCH3 is 1. The van der Waals surface area contributed by atoms with E-state index in [1.165, 1.54) is 19.2 Å². The minimum absolute atomic E-state index is 0.120. The number of alkyl halides is 6. The van der Waals surface area contributed by atoms with Crippen LogP contribution in [0.5, 0.6) is 0 Å². The summed E-state index contributed by atoms with van der Waals surface area (Å²) in [5.74, 6) is -1.89. The number of halogens is 6. The number of carbonyl (C=O) groups is 2. The molecule has 0 saturated carbocycles. The predicted molar refractivity (Wildman–Crippen MR) is 102 cm³/mol. The first-order chi connectivity index (χ1) is 14.9. The van der Waals surface area contributed by atoms with E-state index in [1.807, 2.05) is 0 Å². The Hall–Kier alpha value is -3.12. The van der Waals surface area contributed by atoms with Gasteiger partial charge in [-0.2, -0.15) is 26.3 Å². The summed E-state index contributed by atoms with van der Waals surface area (Å²) in [5.41, 5.74) is -6.68. The number of hydrogen-bond acceptors (Lipinski definition) is 5. The number of rotatable bonds is 4. The number of hydrogen-bond donors (Lipinski definition) is 3. The highest BCUT2D eigenvalue weighted by atomic mass is 19.4. The van der Waals surface area contributed by atoms with Gasteiger partial charge in [-0.05, 0) is 49.2 Å². The van der Waals surface area contributed by atoms with Gasteiger partial charge >= 0.3 is 24.3 Å². The summed E-state index contributed by atoms with van der Waals surface area (Å²) >= 11 is 0. The fourth-order valence-electron chi connectivity index (χ4n) is 2.31. The van der Waals surface area contributed by atoms with Gasteiger partial charge in [-0.3, -0.25) is 0 Å². The van der Waals surface area contributed by atoms with Crippen LogP contribution in [0.3, 0.4) is 0 Å². The van der Waals surface area contributed by atoms with Gasteiger partial charge in [-0.15, -0.1) is 0 Å². The summed E-state index contributed by atoms with van der Waals surface area (Å²) in [6, 6.07) is 8.33. The van der Waals surface area contributed by atoms with Crippen LogP contribution in [0.25, 0.3) is 0 Å². The molecule has 6 nitrogen and oxygen atoms in total. The zero-order chi connectivity index (χ0) is 25.8. The highest BCUT2D eigenvalue weighted by Crippen LogP contribution is 2.39. The number of carboxylic acids is 1. The average Bonchev–Trinajstić information content (AvgIpc) is 2.72. The lowest BCUT2D eigenvalue weighted by Crippen LogP contribution is -2.39. The Morgan fingerprint density at radius 3 is 1.24 bits per heavy atom. The lowest BCUT2D eigenvalue weighted by Gasteiger charge is -2.26. The van der Waals surface area contributed by atoms with Crippen molar-refractivity contribution in [2.75, 3.05) is 7.11 Å². The van der Waals surface area contributed by atoms with E-state index in [-0.39, 0.29) is 16.7 Å². The minimum atomic E-state index is -4.81. The van der Waals surface area contributed by atoms with Gasteiger partial charge in [0, 0.05) is 0 Å². The summed E-state index contributed by atoms with van der Waals surface area (Å²) in [4.78, 5) is 21.5. The van der Waals surface area contributed by atoms with E-state index in [4.69, 9.17) is 5.11 Å². The standard InChI is InChI=1S/C11H11F3O3.C10H9F3O3/c1-10(16,11(12,13)14)8-5-3-7(4-6-8)9(15)17-2;1-9(16,10(11,12)13)7-4-2-6(3-5-7)8(14)15/h3-6,16H,1-2H3;2-5,16H,1H3,(H,14,15). The molecule has 2 rings (SSSR count). The maximum atomic E-state index is 12.5. The van der Waals surface area contributed by atoms with Gasteiger partial charge in [0.25, 0.3) is 0 Å². The number of esters is 1. The third-order valence-electron chi connectivity index (χ3n) is 4.67. The van der Waals surface area contributed by atoms with E-state index in [0.717, 1.165) is 36.4 Å². The molecule has 0 heterocycles. The molecule has 0 amide bonds. The first-order valence-electron chi connectivity index (χ1n) is 8.97. The molecule has 0 saturated heterocycles. The van der Waals surface area contributed by atoms with Gasteiger partial charge in [0.1, 0.15) is 0 Å². The average molecular weight is 482 g/mol. The predicted octanol–water partition coefficient (Wildman–Crippen LogP) is 4.40. The summed E-state index contributed by atoms with van der Waals surface area (Å²) in [5, 5.41) is 27.2. The molecule has 12 heteroatoms. The van der Waals surface area contributed by atoms with Crippen molar-refractivity contribution in [1.29, 1.82) is 0 Å². The monoisotopic (exact) mass is 482 g/mol. The van der Waals surface area contributed by atoms with Crippen LogP contribution in [0.15, 0.2) is 48.5 Å². The van der Waals surface area contributed by atoms with Crippen LogP contribution < -0.4 is 0 Å². The van der Waals surface area contributed by atoms with Crippen molar-refractivity contribution in [3.63, 3.8) is 0 Å². The third kappa shape index (κ3) is 6.45. The van der Waals surface area contributed by atoms with Crippen LogP contribution in [0.1, 0.15) is 45.7 Å². The van der Waals surface area contributed by atoms with Gasteiger partial charge in [0.15, 0.2) is 11.2 Å². The molecule has 2 unspecified atom stereocenters. The quantitative estimate of drug-likeness (QED) is 0.441. The van der Waals surface area contributed by atoms with Crippen molar-refractivity contribution >= 4 is 11.9 Å². The van der Waals surface area contributed by atoms with E-state index < -0.39 is 41.1 Å². The van der Waals surface area contributed by atoms with Crippen LogP contribution in [0.4, 0.5) is 26.3 Å². The molecular formula is C21H20F6O6. The maximum absolute atomic E-state index is 12.5. The number of benzene rings is 2. The lowest BCUT2D eigenvalue weighted by molar-refractivity contribution is -0.259. The molecular weight excluding hydrogens is 462 g/mol. The first kappa shape index (κ1) is 27.9. The SMILES string of the molecule is CC(O)(c1ccc(C(=O)O)cc1)C(F)(F)F.COC(=O)c1ccc(C(C)(O)C(F)(F)F)cc1. The molecule has 33 heavy (non-hydrogen) atoms. The van der Waals surface area contributed by atoms with Crippen molar-refractivity contribution < 1.29 is 56.0 Å². The van der Waals surface area contributed by atoms with Crippen LogP contribution in [0, 0.1) is 0 Å². The van der Waals surface area contributed by atoms with Gasteiger partial charge in [0.05, 0.1) is 18.2 Å². The molecule has 0 aliphatic carbocycles. The minimum Gasteiger partial charge on any atom is -0.478 e. The highest BCUT2D eigenvalue weighted by molar-refractivity contribution is 5.89. The smallest absolute Gasteiger partial charge is 0.421 e. The summed E-state index contributed by atoms with van der Waals surface area (Å²) < 4.78 is 79.1. The summed E-state index contributed by atoms with van der Waals surface area (Å²) in [6.07, 6.45) is -9.59. The first-order valence-corrected chi connectivity index (χ1v) is 8.97. The van der Waals surface area contributed by atoms with Crippen LogP contribution >= 0.6 is 0 Å². The van der Waals surface area contributed by atoms with E-state index >= 15 is 0 Å². The Morgan fingerprint density at radius 1 is 0.697 bits per heavy atom. The van der Waals surface area contributed by atoms with Crippen molar-refractivity contribution in [2.45, 2.75) is 37.4 Å². The van der Waals surface area contributed by atoms with E-state index in [9.17, 15) is 46.1 Å². The normalized spacial score (nSPS) is 15.4. The lowest BCUT2D eigenvalue weighted by atomic mass is 9.94. The Labute approximate surface area is 184 Å². The molecule has 182 valence electrons. The Balaban J connectivity index is 0.000000331. The molecule has 0 aromatic heterocycles. The molecule has 2 aromatic rings. The van der Waals surface area contributed by atoms with E-state index in [0.29, 0.717) is 13.8 Å². The van der Waals surface area contributed by atoms with Crippen LogP contribution in [-0.2, 0) is 15.9 Å². The Morgan fingerprint density at radius 2 is 1.00 bits per heavy atom. The van der Waals surface area contributed by atoms with Gasteiger partial charge < -0.3 is 20.1 Å². The second-order valence-corrected chi connectivity index (χ2v) is 7.09. The molecule has 0 fully saturated rings. The van der Waals surface area contributed by atoms with Crippen molar-refractivity contribution in [1.82, 2.24) is 0 Å². The number of carboxylic acid groups (broad SMARTS) is 1. The number of carbonyl (C=O) groups excluding carboxylic acids is 1. The third-order valence-corrected chi connectivity index (χ3v) is 4.67. The molecule has 0 bridgehead atoms. The molecule has 0 aliphatic rings. The van der Waals surface area contributed by atoms with E-state index in [2.05, 4.69) is 4.74 Å². The molecule has 0 radical (unpaired) electrons. The fraction of sp³-hybridized carbons (Fsp3) is 0.333. The molecule has 2 atom stereocenters. The molecule has 2 aromatic carbocycles. The Kier molecular flexibility index (Phi) is 8.28. The zero-order valence-electron chi connectivity index (χ0n) is 17.5.